The van der Waals surface area contributed by atoms with Crippen LogP contribution >= 0.6 is 0 Å². The highest BCUT2D eigenvalue weighted by atomic mass is 16.5. The molecule has 0 aromatic carbocycles. The molecule has 17 heavy (non-hydrogen) atoms. The van der Waals surface area contributed by atoms with Gasteiger partial charge in [0.2, 0.25) is 5.91 Å². The van der Waals surface area contributed by atoms with E-state index in [0.717, 1.165) is 45.8 Å². The van der Waals surface area contributed by atoms with Gasteiger partial charge in [-0.05, 0) is 18.8 Å². The Hall–Kier alpha value is -0.610. The fourth-order valence-corrected chi connectivity index (χ4v) is 2.57. The van der Waals surface area contributed by atoms with Gasteiger partial charge in [-0.1, -0.05) is 6.92 Å². The van der Waals surface area contributed by atoms with Crippen LogP contribution in [0.25, 0.3) is 0 Å². The van der Waals surface area contributed by atoms with E-state index in [1.165, 1.54) is 0 Å². The Labute approximate surface area is 103 Å². The zero-order valence-electron chi connectivity index (χ0n) is 10.9. The Morgan fingerprint density at radius 3 is 2.71 bits per heavy atom. The van der Waals surface area contributed by atoms with E-state index in [1.54, 1.807) is 0 Å². The van der Waals surface area contributed by atoms with Gasteiger partial charge in [-0.15, -0.1) is 0 Å². The van der Waals surface area contributed by atoms with Gasteiger partial charge in [0.05, 0.1) is 13.2 Å². The fraction of sp³-hybridized carbons (Fsp3) is 0.923. The van der Waals surface area contributed by atoms with Crippen molar-refractivity contribution in [1.29, 1.82) is 0 Å². The van der Waals surface area contributed by atoms with Crippen LogP contribution in [0.1, 0.15) is 26.2 Å². The normalized spacial score (nSPS) is 27.3. The van der Waals surface area contributed by atoms with E-state index >= 15 is 0 Å². The minimum Gasteiger partial charge on any atom is -0.381 e. The van der Waals surface area contributed by atoms with Crippen molar-refractivity contribution in [1.82, 2.24) is 4.90 Å². The quantitative estimate of drug-likeness (QED) is 0.744. The smallest absolute Gasteiger partial charge is 0.222 e. The lowest BCUT2D eigenvalue weighted by molar-refractivity contribution is -0.143. The molecular weight excluding hydrogens is 218 g/mol. The van der Waals surface area contributed by atoms with E-state index in [-0.39, 0.29) is 11.3 Å². The van der Waals surface area contributed by atoms with Crippen molar-refractivity contribution < 1.29 is 14.3 Å². The maximum atomic E-state index is 12.1. The summed E-state index contributed by atoms with van der Waals surface area (Å²) in [4.78, 5) is 13.9. The van der Waals surface area contributed by atoms with Gasteiger partial charge in [-0.25, -0.2) is 0 Å². The average molecular weight is 241 g/mol. The number of hydrogen-bond donors (Lipinski definition) is 0. The van der Waals surface area contributed by atoms with Crippen molar-refractivity contribution in [2.24, 2.45) is 11.3 Å². The van der Waals surface area contributed by atoms with E-state index < -0.39 is 0 Å². The van der Waals surface area contributed by atoms with Crippen molar-refractivity contribution in [2.75, 3.05) is 40.0 Å². The molecule has 4 heteroatoms. The van der Waals surface area contributed by atoms with Gasteiger partial charge in [0.25, 0.3) is 0 Å². The maximum absolute atomic E-state index is 12.1. The van der Waals surface area contributed by atoms with Crippen LogP contribution in [-0.4, -0.2) is 50.8 Å². The standard InChI is InChI=1S/C13H23NO3/c1-13(9-17-10-13)8-14(2)12(15)6-11-4-3-5-16-7-11/h11H,3-10H2,1-2H3. The van der Waals surface area contributed by atoms with E-state index in [2.05, 4.69) is 6.92 Å². The summed E-state index contributed by atoms with van der Waals surface area (Å²) in [5.41, 5.74) is 0.174. The first-order valence-corrected chi connectivity index (χ1v) is 6.48. The Bertz CT molecular complexity index is 270. The van der Waals surface area contributed by atoms with E-state index in [4.69, 9.17) is 9.47 Å². The molecule has 0 spiro atoms. The Kier molecular flexibility index (Phi) is 4.05. The maximum Gasteiger partial charge on any atom is 0.222 e. The first kappa shape index (κ1) is 12.8. The molecule has 0 aromatic rings. The molecule has 0 radical (unpaired) electrons. The van der Waals surface area contributed by atoms with Crippen LogP contribution in [0.4, 0.5) is 0 Å². The first-order valence-electron chi connectivity index (χ1n) is 6.48. The average Bonchev–Trinajstić information content (AvgIpc) is 2.28. The number of carbonyl (C=O) groups is 1. The van der Waals surface area contributed by atoms with Crippen molar-refractivity contribution in [2.45, 2.75) is 26.2 Å². The lowest BCUT2D eigenvalue weighted by atomic mass is 9.88. The molecule has 0 saturated carbocycles. The SMILES string of the molecule is CN(CC1(C)COC1)C(=O)CC1CCCOC1. The molecule has 98 valence electrons. The topological polar surface area (TPSA) is 38.8 Å². The van der Waals surface area contributed by atoms with E-state index in [1.807, 2.05) is 11.9 Å². The monoisotopic (exact) mass is 241 g/mol. The molecule has 2 aliphatic heterocycles. The molecule has 1 unspecified atom stereocenters. The molecule has 0 aliphatic carbocycles. The number of carbonyl (C=O) groups excluding carboxylic acids is 1. The molecule has 1 atom stereocenters. The van der Waals surface area contributed by atoms with Crippen LogP contribution in [0, 0.1) is 11.3 Å². The fourth-order valence-electron chi connectivity index (χ4n) is 2.57. The van der Waals surface area contributed by atoms with Crippen LogP contribution < -0.4 is 0 Å². The second kappa shape index (κ2) is 5.36. The Morgan fingerprint density at radius 2 is 2.18 bits per heavy atom. The minimum atomic E-state index is 0.174. The third-order valence-corrected chi connectivity index (χ3v) is 3.66. The molecule has 0 N–H and O–H groups in total. The summed E-state index contributed by atoms with van der Waals surface area (Å²) < 4.78 is 10.6. The number of ether oxygens (including phenoxy) is 2. The van der Waals surface area contributed by atoms with Crippen LogP contribution in [0.2, 0.25) is 0 Å². The summed E-state index contributed by atoms with van der Waals surface area (Å²) in [6.07, 6.45) is 2.85. The molecule has 2 fully saturated rings. The van der Waals surface area contributed by atoms with Crippen molar-refractivity contribution >= 4 is 5.91 Å². The molecule has 0 bridgehead atoms. The van der Waals surface area contributed by atoms with Crippen LogP contribution in [-0.2, 0) is 14.3 Å². The summed E-state index contributed by atoms with van der Waals surface area (Å²) in [6, 6.07) is 0. The zero-order valence-corrected chi connectivity index (χ0v) is 10.9. The highest BCUT2D eigenvalue weighted by molar-refractivity contribution is 5.76. The van der Waals surface area contributed by atoms with Crippen molar-refractivity contribution in [3.63, 3.8) is 0 Å². The number of hydrogen-bond acceptors (Lipinski definition) is 3. The van der Waals surface area contributed by atoms with Gasteiger partial charge in [0.1, 0.15) is 0 Å². The van der Waals surface area contributed by atoms with Crippen LogP contribution in [0.5, 0.6) is 0 Å². The molecule has 1 amide bonds. The summed E-state index contributed by atoms with van der Waals surface area (Å²) in [7, 11) is 1.90. The van der Waals surface area contributed by atoms with Crippen molar-refractivity contribution in [3.8, 4) is 0 Å². The third-order valence-electron chi connectivity index (χ3n) is 3.66. The molecular formula is C13H23NO3. The lowest BCUT2D eigenvalue weighted by Crippen LogP contribution is -2.49. The molecule has 2 aliphatic rings. The second-order valence-electron chi connectivity index (χ2n) is 5.84. The predicted octanol–water partition coefficient (Wildman–Crippen LogP) is 1.30. The summed E-state index contributed by atoms with van der Waals surface area (Å²) in [6.45, 7) is 6.13. The van der Waals surface area contributed by atoms with Gasteiger partial charge in [-0.2, -0.15) is 0 Å². The summed E-state index contributed by atoms with van der Waals surface area (Å²) in [5, 5.41) is 0. The number of amides is 1. The predicted molar refractivity (Wildman–Crippen MR) is 64.7 cm³/mol. The van der Waals surface area contributed by atoms with Crippen LogP contribution in [0.3, 0.4) is 0 Å². The zero-order chi connectivity index (χ0) is 12.3. The second-order valence-corrected chi connectivity index (χ2v) is 5.84. The third kappa shape index (κ3) is 3.42. The van der Waals surface area contributed by atoms with Crippen molar-refractivity contribution in [3.05, 3.63) is 0 Å². The van der Waals surface area contributed by atoms with Crippen LogP contribution in [0.15, 0.2) is 0 Å². The molecule has 0 aromatic heterocycles. The molecule has 2 saturated heterocycles. The molecule has 4 nitrogen and oxygen atoms in total. The number of nitrogens with zero attached hydrogens (tertiary/aromatic N) is 1. The van der Waals surface area contributed by atoms with Gasteiger partial charge in [-0.3, -0.25) is 4.79 Å². The van der Waals surface area contributed by atoms with Gasteiger partial charge < -0.3 is 14.4 Å². The Morgan fingerprint density at radius 1 is 1.41 bits per heavy atom. The summed E-state index contributed by atoms with van der Waals surface area (Å²) in [5.74, 6) is 0.665. The highest BCUT2D eigenvalue weighted by Crippen LogP contribution is 2.27. The van der Waals surface area contributed by atoms with Gasteiger partial charge in [0.15, 0.2) is 0 Å². The largest absolute Gasteiger partial charge is 0.381 e. The van der Waals surface area contributed by atoms with E-state index in [0.29, 0.717) is 12.3 Å². The lowest BCUT2D eigenvalue weighted by Gasteiger charge is -2.41. The van der Waals surface area contributed by atoms with E-state index in [9.17, 15) is 4.79 Å². The first-order chi connectivity index (χ1) is 8.09. The number of rotatable bonds is 4. The Balaban J connectivity index is 1.74. The highest BCUT2D eigenvalue weighted by Gasteiger charge is 2.35. The summed E-state index contributed by atoms with van der Waals surface area (Å²) >= 11 is 0. The minimum absolute atomic E-state index is 0.174. The van der Waals surface area contributed by atoms with Gasteiger partial charge >= 0.3 is 0 Å². The molecule has 2 heterocycles. The van der Waals surface area contributed by atoms with Gasteiger partial charge in [0, 0.05) is 38.6 Å². The molecule has 2 rings (SSSR count).